The molecule has 0 aromatic heterocycles. The van der Waals surface area contributed by atoms with Crippen molar-refractivity contribution in [3.8, 4) is 0 Å². The van der Waals surface area contributed by atoms with E-state index in [1.807, 2.05) is 0 Å². The van der Waals surface area contributed by atoms with E-state index in [0.29, 0.717) is 31.0 Å². The Morgan fingerprint density at radius 3 is 2.60 bits per heavy atom. The lowest BCUT2D eigenvalue weighted by atomic mass is 9.97. The van der Waals surface area contributed by atoms with Crippen LogP contribution in [0.1, 0.15) is 12.8 Å². The fraction of sp³-hybridized carbons (Fsp3) is 0.692. The van der Waals surface area contributed by atoms with Gasteiger partial charge < -0.3 is 9.47 Å². The second kappa shape index (κ2) is 6.81. The summed E-state index contributed by atoms with van der Waals surface area (Å²) in [6.45, 7) is 9.94. The second-order valence-corrected chi connectivity index (χ2v) is 4.19. The van der Waals surface area contributed by atoms with E-state index < -0.39 is 0 Å². The topological polar surface area (TPSA) is 18.5 Å². The predicted octanol–water partition coefficient (Wildman–Crippen LogP) is 2.66. The van der Waals surface area contributed by atoms with Gasteiger partial charge in [0.05, 0.1) is 19.8 Å². The van der Waals surface area contributed by atoms with E-state index in [-0.39, 0.29) is 0 Å². The molecule has 0 amide bonds. The van der Waals surface area contributed by atoms with Gasteiger partial charge in [-0.15, -0.1) is 13.2 Å². The summed E-state index contributed by atoms with van der Waals surface area (Å²) in [5.41, 5.74) is 0. The molecule has 1 aliphatic carbocycles. The summed E-state index contributed by atoms with van der Waals surface area (Å²) in [4.78, 5) is 0. The molecule has 0 saturated heterocycles. The van der Waals surface area contributed by atoms with Gasteiger partial charge in [-0.2, -0.15) is 0 Å². The molecule has 3 atom stereocenters. The third-order valence-electron chi connectivity index (χ3n) is 3.19. The summed E-state index contributed by atoms with van der Waals surface area (Å²) in [6, 6.07) is 0. The maximum absolute atomic E-state index is 5.58. The molecule has 0 spiro atoms. The number of ether oxygens (including phenoxy) is 2. The standard InChI is InChI=1S/C13H22O2/c1-4-11-8-12(5-2)13(9-11)10-15-7-6-14-3/h4-5,11-13H,1-2,6-10H2,3H3. The molecular formula is C13H22O2. The van der Waals surface area contributed by atoms with Gasteiger partial charge in [0.2, 0.25) is 0 Å². The summed E-state index contributed by atoms with van der Waals surface area (Å²) in [5, 5.41) is 0. The van der Waals surface area contributed by atoms with Crippen LogP contribution in [0, 0.1) is 17.8 Å². The van der Waals surface area contributed by atoms with Crippen molar-refractivity contribution in [3.05, 3.63) is 25.3 Å². The molecule has 0 heterocycles. The zero-order valence-corrected chi connectivity index (χ0v) is 9.65. The van der Waals surface area contributed by atoms with Crippen molar-refractivity contribution in [1.29, 1.82) is 0 Å². The Kier molecular flexibility index (Phi) is 5.66. The fourth-order valence-corrected chi connectivity index (χ4v) is 2.25. The minimum atomic E-state index is 0.593. The van der Waals surface area contributed by atoms with Crippen LogP contribution in [0.15, 0.2) is 25.3 Å². The number of methoxy groups -OCH3 is 1. The van der Waals surface area contributed by atoms with Gasteiger partial charge in [-0.05, 0) is 30.6 Å². The summed E-state index contributed by atoms with van der Waals surface area (Å²) in [7, 11) is 1.69. The van der Waals surface area contributed by atoms with Crippen LogP contribution in [-0.2, 0) is 9.47 Å². The Bertz CT molecular complexity index is 201. The Morgan fingerprint density at radius 2 is 2.00 bits per heavy atom. The quantitative estimate of drug-likeness (QED) is 0.475. The van der Waals surface area contributed by atoms with Gasteiger partial charge in [-0.3, -0.25) is 0 Å². The largest absolute Gasteiger partial charge is 0.382 e. The average Bonchev–Trinajstić information content (AvgIpc) is 2.67. The van der Waals surface area contributed by atoms with Gasteiger partial charge >= 0.3 is 0 Å². The monoisotopic (exact) mass is 210 g/mol. The van der Waals surface area contributed by atoms with Crippen LogP contribution >= 0.6 is 0 Å². The minimum Gasteiger partial charge on any atom is -0.382 e. The van der Waals surface area contributed by atoms with Crippen molar-refractivity contribution in [2.45, 2.75) is 12.8 Å². The predicted molar refractivity (Wildman–Crippen MR) is 62.8 cm³/mol. The molecule has 0 aliphatic heterocycles. The summed E-state index contributed by atoms with van der Waals surface area (Å²) >= 11 is 0. The van der Waals surface area contributed by atoms with Crippen LogP contribution in [0.4, 0.5) is 0 Å². The number of rotatable bonds is 7. The van der Waals surface area contributed by atoms with E-state index >= 15 is 0 Å². The van der Waals surface area contributed by atoms with Crippen molar-refractivity contribution >= 4 is 0 Å². The minimum absolute atomic E-state index is 0.593. The third-order valence-corrected chi connectivity index (χ3v) is 3.19. The maximum Gasteiger partial charge on any atom is 0.0700 e. The summed E-state index contributed by atoms with van der Waals surface area (Å²) in [5.74, 6) is 1.85. The molecule has 3 unspecified atom stereocenters. The zero-order chi connectivity index (χ0) is 11.1. The molecule has 0 radical (unpaired) electrons. The van der Waals surface area contributed by atoms with Crippen LogP contribution in [0.5, 0.6) is 0 Å². The normalized spacial score (nSPS) is 30.3. The van der Waals surface area contributed by atoms with Gasteiger partial charge in [-0.1, -0.05) is 12.2 Å². The van der Waals surface area contributed by atoms with Gasteiger partial charge in [-0.25, -0.2) is 0 Å². The number of hydrogen-bond acceptors (Lipinski definition) is 2. The van der Waals surface area contributed by atoms with Crippen molar-refractivity contribution in [2.75, 3.05) is 26.9 Å². The van der Waals surface area contributed by atoms with E-state index in [1.54, 1.807) is 7.11 Å². The van der Waals surface area contributed by atoms with Crippen molar-refractivity contribution in [3.63, 3.8) is 0 Å². The molecule has 2 nitrogen and oxygen atoms in total. The molecule has 15 heavy (non-hydrogen) atoms. The van der Waals surface area contributed by atoms with Gasteiger partial charge in [0.15, 0.2) is 0 Å². The van der Waals surface area contributed by atoms with Crippen LogP contribution < -0.4 is 0 Å². The lowest BCUT2D eigenvalue weighted by molar-refractivity contribution is 0.0471. The SMILES string of the molecule is C=CC1CC(C=C)C(COCCOC)C1. The first-order chi connectivity index (χ1) is 7.31. The fourth-order valence-electron chi connectivity index (χ4n) is 2.25. The molecule has 0 bridgehead atoms. The molecule has 1 aliphatic rings. The molecule has 1 saturated carbocycles. The van der Waals surface area contributed by atoms with Crippen molar-refractivity contribution in [2.24, 2.45) is 17.8 Å². The van der Waals surface area contributed by atoms with E-state index in [1.165, 1.54) is 12.8 Å². The highest BCUT2D eigenvalue weighted by atomic mass is 16.5. The molecule has 1 rings (SSSR count). The second-order valence-electron chi connectivity index (χ2n) is 4.19. The van der Waals surface area contributed by atoms with E-state index in [2.05, 4.69) is 25.3 Å². The Labute approximate surface area is 93.0 Å². The molecule has 0 aromatic carbocycles. The lowest BCUT2D eigenvalue weighted by Gasteiger charge is -2.15. The van der Waals surface area contributed by atoms with Crippen molar-refractivity contribution < 1.29 is 9.47 Å². The first-order valence-corrected chi connectivity index (χ1v) is 5.63. The maximum atomic E-state index is 5.58. The lowest BCUT2D eigenvalue weighted by Crippen LogP contribution is -2.15. The van der Waals surface area contributed by atoms with Crippen LogP contribution in [0.3, 0.4) is 0 Å². The van der Waals surface area contributed by atoms with E-state index in [0.717, 1.165) is 6.61 Å². The first kappa shape index (κ1) is 12.5. The van der Waals surface area contributed by atoms with Crippen LogP contribution in [0.2, 0.25) is 0 Å². The smallest absolute Gasteiger partial charge is 0.0700 e. The molecule has 86 valence electrons. The summed E-state index contributed by atoms with van der Waals surface area (Å²) in [6.07, 6.45) is 6.50. The Morgan fingerprint density at radius 1 is 1.20 bits per heavy atom. The van der Waals surface area contributed by atoms with Crippen LogP contribution in [-0.4, -0.2) is 26.9 Å². The zero-order valence-electron chi connectivity index (χ0n) is 9.65. The molecule has 2 heteroatoms. The van der Waals surface area contributed by atoms with Gasteiger partial charge in [0.25, 0.3) is 0 Å². The Balaban J connectivity index is 2.26. The van der Waals surface area contributed by atoms with Gasteiger partial charge in [0.1, 0.15) is 0 Å². The van der Waals surface area contributed by atoms with E-state index in [9.17, 15) is 0 Å². The highest BCUT2D eigenvalue weighted by Gasteiger charge is 2.30. The first-order valence-electron chi connectivity index (χ1n) is 5.63. The summed E-state index contributed by atoms with van der Waals surface area (Å²) < 4.78 is 10.5. The molecule has 0 N–H and O–H groups in total. The Hall–Kier alpha value is -0.600. The third kappa shape index (κ3) is 3.80. The highest BCUT2D eigenvalue weighted by molar-refractivity contribution is 4.97. The average molecular weight is 210 g/mol. The van der Waals surface area contributed by atoms with Crippen LogP contribution in [0.25, 0.3) is 0 Å². The number of allylic oxidation sites excluding steroid dienone is 2. The molecule has 1 fully saturated rings. The van der Waals surface area contributed by atoms with Crippen molar-refractivity contribution in [1.82, 2.24) is 0 Å². The molecular weight excluding hydrogens is 188 g/mol. The van der Waals surface area contributed by atoms with Gasteiger partial charge in [0, 0.05) is 7.11 Å². The molecule has 0 aromatic rings. The van der Waals surface area contributed by atoms with E-state index in [4.69, 9.17) is 9.47 Å². The number of hydrogen-bond donors (Lipinski definition) is 0. The highest BCUT2D eigenvalue weighted by Crippen LogP contribution is 2.37.